The predicted molar refractivity (Wildman–Crippen MR) is 90.4 cm³/mol. The molecule has 0 aliphatic heterocycles. The van der Waals surface area contributed by atoms with Crippen LogP contribution in [-0.4, -0.2) is 37.9 Å². The second-order valence-corrected chi connectivity index (χ2v) is 5.63. The third kappa shape index (κ3) is 7.46. The molecule has 1 amide bonds. The molecule has 0 aliphatic rings. The van der Waals surface area contributed by atoms with Gasteiger partial charge in [0, 0.05) is 25.5 Å². The van der Waals surface area contributed by atoms with E-state index in [1.165, 1.54) is 20.1 Å². The summed E-state index contributed by atoms with van der Waals surface area (Å²) in [4.78, 5) is 34.2. The summed E-state index contributed by atoms with van der Waals surface area (Å²) >= 11 is 5.95. The molecule has 132 valence electrons. The van der Waals surface area contributed by atoms with Crippen molar-refractivity contribution in [2.75, 3.05) is 20.3 Å². The topological polar surface area (TPSA) is 81.7 Å². The van der Waals surface area contributed by atoms with Gasteiger partial charge in [-0.15, -0.1) is 0 Å². The number of ketones is 1. The number of ether oxygens (including phenoxy) is 2. The number of Topliss-reactive ketones (excluding diaryl/α,β-unsaturated/α-hetero) is 1. The van der Waals surface area contributed by atoms with Gasteiger partial charge in [0.1, 0.15) is 5.75 Å². The number of carbonyl (C=O) groups is 3. The molecule has 0 saturated heterocycles. The first-order valence-corrected chi connectivity index (χ1v) is 8.08. The molecule has 1 aromatic rings. The van der Waals surface area contributed by atoms with Crippen LogP contribution in [0.15, 0.2) is 18.2 Å². The molecule has 24 heavy (non-hydrogen) atoms. The first kappa shape index (κ1) is 20.0. The molecule has 0 saturated carbocycles. The van der Waals surface area contributed by atoms with Crippen LogP contribution >= 0.6 is 11.6 Å². The Morgan fingerprint density at radius 1 is 1.17 bits per heavy atom. The van der Waals surface area contributed by atoms with Crippen molar-refractivity contribution < 1.29 is 23.9 Å². The fraction of sp³-hybridized carbons (Fsp3) is 0.471. The maximum atomic E-state index is 12.0. The number of halogens is 1. The van der Waals surface area contributed by atoms with E-state index in [1.54, 1.807) is 12.1 Å². The molecule has 6 nitrogen and oxygen atoms in total. The van der Waals surface area contributed by atoms with Gasteiger partial charge in [-0.05, 0) is 31.0 Å². The number of benzene rings is 1. The Morgan fingerprint density at radius 2 is 1.92 bits per heavy atom. The van der Waals surface area contributed by atoms with E-state index < -0.39 is 5.97 Å². The molecule has 0 bridgehead atoms. The Hall–Kier alpha value is -2.08. The van der Waals surface area contributed by atoms with E-state index in [0.717, 1.165) is 12.8 Å². The number of hydrogen-bond acceptors (Lipinski definition) is 5. The van der Waals surface area contributed by atoms with Gasteiger partial charge in [-0.1, -0.05) is 18.0 Å². The van der Waals surface area contributed by atoms with Crippen LogP contribution in [0.25, 0.3) is 0 Å². The third-order valence-electron chi connectivity index (χ3n) is 3.27. The Bertz CT molecular complexity index is 588. The van der Waals surface area contributed by atoms with Gasteiger partial charge >= 0.3 is 5.97 Å². The summed E-state index contributed by atoms with van der Waals surface area (Å²) in [6, 6.07) is 4.65. The van der Waals surface area contributed by atoms with Crippen molar-refractivity contribution >= 4 is 29.3 Å². The van der Waals surface area contributed by atoms with E-state index >= 15 is 0 Å². The van der Waals surface area contributed by atoms with Crippen LogP contribution in [0.5, 0.6) is 5.75 Å². The maximum Gasteiger partial charge on any atom is 0.306 e. The summed E-state index contributed by atoms with van der Waals surface area (Å²) in [5, 5.41) is 3.01. The molecular weight excluding hydrogens is 334 g/mol. The molecule has 0 fully saturated rings. The minimum absolute atomic E-state index is 0.0634. The van der Waals surface area contributed by atoms with E-state index in [9.17, 15) is 14.4 Å². The molecule has 1 rings (SSSR count). The zero-order chi connectivity index (χ0) is 17.9. The average Bonchev–Trinajstić information content (AvgIpc) is 2.55. The van der Waals surface area contributed by atoms with Crippen LogP contribution < -0.4 is 10.1 Å². The number of amides is 1. The van der Waals surface area contributed by atoms with E-state index in [1.807, 2.05) is 0 Å². The lowest BCUT2D eigenvalue weighted by molar-refractivity contribution is -0.142. The van der Waals surface area contributed by atoms with Crippen molar-refractivity contribution in [3.63, 3.8) is 0 Å². The number of rotatable bonds is 10. The average molecular weight is 356 g/mol. The lowest BCUT2D eigenvalue weighted by Crippen LogP contribution is -2.20. The number of nitrogens with one attached hydrogen (secondary N) is 1. The van der Waals surface area contributed by atoms with E-state index in [-0.39, 0.29) is 24.7 Å². The summed E-state index contributed by atoms with van der Waals surface area (Å²) in [6.07, 6.45) is 2.51. The SMILES string of the molecule is COc1ccc(C(=O)COC(=O)CCCCCNC(C)=O)cc1Cl. The maximum absolute atomic E-state index is 12.0. The van der Waals surface area contributed by atoms with Crippen molar-refractivity contribution in [1.82, 2.24) is 5.32 Å². The van der Waals surface area contributed by atoms with Gasteiger partial charge in [-0.25, -0.2) is 0 Å². The number of hydrogen-bond donors (Lipinski definition) is 1. The molecule has 1 aromatic carbocycles. The second-order valence-electron chi connectivity index (χ2n) is 5.23. The minimum atomic E-state index is -0.414. The molecule has 7 heteroatoms. The molecular formula is C17H22ClNO5. The highest BCUT2D eigenvalue weighted by atomic mass is 35.5. The fourth-order valence-electron chi connectivity index (χ4n) is 1.98. The van der Waals surface area contributed by atoms with Crippen molar-refractivity contribution in [1.29, 1.82) is 0 Å². The number of methoxy groups -OCH3 is 1. The van der Waals surface area contributed by atoms with Gasteiger partial charge in [-0.2, -0.15) is 0 Å². The van der Waals surface area contributed by atoms with E-state index in [0.29, 0.717) is 29.3 Å². The van der Waals surface area contributed by atoms with Gasteiger partial charge in [0.25, 0.3) is 0 Å². The lowest BCUT2D eigenvalue weighted by Gasteiger charge is -2.07. The quantitative estimate of drug-likeness (QED) is 0.396. The van der Waals surface area contributed by atoms with Crippen LogP contribution in [0.2, 0.25) is 5.02 Å². The summed E-state index contributed by atoms with van der Waals surface area (Å²) in [7, 11) is 1.49. The zero-order valence-corrected chi connectivity index (χ0v) is 14.6. The molecule has 0 atom stereocenters. The molecule has 0 aromatic heterocycles. The number of esters is 1. The highest BCUT2D eigenvalue weighted by Gasteiger charge is 2.12. The van der Waals surface area contributed by atoms with Crippen LogP contribution in [0, 0.1) is 0 Å². The molecule has 0 unspecified atom stereocenters. The Balaban J connectivity index is 2.25. The van der Waals surface area contributed by atoms with E-state index in [2.05, 4.69) is 5.32 Å². The van der Waals surface area contributed by atoms with Gasteiger partial charge in [-0.3, -0.25) is 14.4 Å². The number of carbonyl (C=O) groups excluding carboxylic acids is 3. The van der Waals surface area contributed by atoms with Gasteiger partial charge in [0.2, 0.25) is 5.91 Å². The van der Waals surface area contributed by atoms with Gasteiger partial charge in [0.05, 0.1) is 12.1 Å². The standard InChI is InChI=1S/C17H22ClNO5/c1-12(20)19-9-5-3-4-6-17(22)24-11-15(21)13-7-8-16(23-2)14(18)10-13/h7-8,10H,3-6,9,11H2,1-2H3,(H,19,20). The smallest absolute Gasteiger partial charge is 0.306 e. The first-order valence-electron chi connectivity index (χ1n) is 7.71. The van der Waals surface area contributed by atoms with Crippen molar-refractivity contribution in [3.05, 3.63) is 28.8 Å². The lowest BCUT2D eigenvalue weighted by atomic mass is 10.1. The Morgan fingerprint density at radius 3 is 2.54 bits per heavy atom. The fourth-order valence-corrected chi connectivity index (χ4v) is 2.23. The third-order valence-corrected chi connectivity index (χ3v) is 3.57. The Kier molecular flexibility index (Phi) is 8.86. The zero-order valence-electron chi connectivity index (χ0n) is 13.9. The van der Waals surface area contributed by atoms with Crippen LogP contribution in [0.3, 0.4) is 0 Å². The van der Waals surface area contributed by atoms with E-state index in [4.69, 9.17) is 21.1 Å². The van der Waals surface area contributed by atoms with Crippen molar-refractivity contribution in [2.45, 2.75) is 32.6 Å². The second kappa shape index (κ2) is 10.6. The first-order chi connectivity index (χ1) is 11.4. The largest absolute Gasteiger partial charge is 0.495 e. The Labute approximate surface area is 146 Å². The minimum Gasteiger partial charge on any atom is -0.495 e. The summed E-state index contributed by atoms with van der Waals surface area (Å²) in [6.45, 7) is 1.75. The molecule has 0 spiro atoms. The molecule has 1 N–H and O–H groups in total. The number of unbranched alkanes of at least 4 members (excludes halogenated alkanes) is 2. The van der Waals surface area contributed by atoms with Crippen molar-refractivity contribution in [3.8, 4) is 5.75 Å². The highest BCUT2D eigenvalue weighted by Crippen LogP contribution is 2.25. The predicted octanol–water partition coefficient (Wildman–Crippen LogP) is 2.77. The summed E-state index contributed by atoms with van der Waals surface area (Å²) < 4.78 is 9.98. The van der Waals surface area contributed by atoms with Crippen molar-refractivity contribution in [2.24, 2.45) is 0 Å². The molecule has 0 radical (unpaired) electrons. The molecule has 0 aliphatic carbocycles. The molecule has 0 heterocycles. The monoisotopic (exact) mass is 355 g/mol. The van der Waals surface area contributed by atoms with Gasteiger partial charge in [0.15, 0.2) is 12.4 Å². The van der Waals surface area contributed by atoms with Gasteiger partial charge < -0.3 is 14.8 Å². The normalized spacial score (nSPS) is 10.1. The van der Waals surface area contributed by atoms with Crippen LogP contribution in [-0.2, 0) is 14.3 Å². The van der Waals surface area contributed by atoms with Crippen LogP contribution in [0.1, 0.15) is 43.0 Å². The van der Waals surface area contributed by atoms with Crippen LogP contribution in [0.4, 0.5) is 0 Å². The highest BCUT2D eigenvalue weighted by molar-refractivity contribution is 6.32. The summed E-state index contributed by atoms with van der Waals surface area (Å²) in [5.74, 6) is -0.322. The summed E-state index contributed by atoms with van der Waals surface area (Å²) in [5.41, 5.74) is 0.365.